The number of carbonyl (C=O) groups excluding carboxylic acids is 2. The van der Waals surface area contributed by atoms with Crippen molar-refractivity contribution in [3.05, 3.63) is 29.3 Å². The van der Waals surface area contributed by atoms with Crippen molar-refractivity contribution in [1.82, 2.24) is 5.32 Å². The van der Waals surface area contributed by atoms with Gasteiger partial charge in [-0.3, -0.25) is 4.79 Å². The van der Waals surface area contributed by atoms with Crippen LogP contribution >= 0.6 is 0 Å². The normalized spacial score (nSPS) is 11.5. The zero-order valence-electron chi connectivity index (χ0n) is 10.6. The second-order valence-corrected chi connectivity index (χ2v) is 4.06. The highest BCUT2D eigenvalue weighted by molar-refractivity contribution is 5.94. The third-order valence-electron chi connectivity index (χ3n) is 2.50. The Morgan fingerprint density at radius 2 is 1.95 bits per heavy atom. The highest BCUT2D eigenvalue weighted by atomic mass is 16.4. The second-order valence-electron chi connectivity index (χ2n) is 4.06. The molecule has 5 N–H and O–H groups in total. The van der Waals surface area contributed by atoms with Gasteiger partial charge in [0.25, 0.3) is 0 Å². The SMILES string of the molecule is Cc1cc(C(=O)O)ccc1NC(=O)NC(C)C(N)=O. The number of nitrogens with one attached hydrogen (secondary N) is 2. The van der Waals surface area contributed by atoms with E-state index in [0.29, 0.717) is 11.3 Å². The summed E-state index contributed by atoms with van der Waals surface area (Å²) in [6.07, 6.45) is 0. The molecule has 102 valence electrons. The molecule has 3 amide bonds. The first-order valence-electron chi connectivity index (χ1n) is 5.52. The number of amides is 3. The lowest BCUT2D eigenvalue weighted by molar-refractivity contribution is -0.119. The van der Waals surface area contributed by atoms with Crippen molar-refractivity contribution < 1.29 is 19.5 Å². The molecule has 1 atom stereocenters. The number of benzene rings is 1. The van der Waals surface area contributed by atoms with Gasteiger partial charge in [0.05, 0.1) is 5.56 Å². The summed E-state index contributed by atoms with van der Waals surface area (Å²) in [5.41, 5.74) is 6.20. The van der Waals surface area contributed by atoms with Gasteiger partial charge in [-0.1, -0.05) is 0 Å². The van der Waals surface area contributed by atoms with Crippen molar-refractivity contribution in [3.63, 3.8) is 0 Å². The highest BCUT2D eigenvalue weighted by Gasteiger charge is 2.13. The van der Waals surface area contributed by atoms with Crippen LogP contribution in [0, 0.1) is 6.92 Å². The molecule has 19 heavy (non-hydrogen) atoms. The monoisotopic (exact) mass is 265 g/mol. The minimum Gasteiger partial charge on any atom is -0.478 e. The van der Waals surface area contributed by atoms with Gasteiger partial charge in [0, 0.05) is 5.69 Å². The van der Waals surface area contributed by atoms with Crippen LogP contribution in [-0.2, 0) is 4.79 Å². The summed E-state index contributed by atoms with van der Waals surface area (Å²) >= 11 is 0. The minimum atomic E-state index is -1.04. The van der Waals surface area contributed by atoms with E-state index >= 15 is 0 Å². The summed E-state index contributed by atoms with van der Waals surface area (Å²) in [6, 6.07) is 2.92. The van der Waals surface area contributed by atoms with Gasteiger partial charge in [-0.05, 0) is 37.6 Å². The summed E-state index contributed by atoms with van der Waals surface area (Å²) in [5.74, 6) is -1.69. The third-order valence-corrected chi connectivity index (χ3v) is 2.50. The molecular weight excluding hydrogens is 250 g/mol. The third kappa shape index (κ3) is 3.98. The lowest BCUT2D eigenvalue weighted by atomic mass is 10.1. The maximum absolute atomic E-state index is 11.6. The van der Waals surface area contributed by atoms with Crippen LogP contribution in [0.5, 0.6) is 0 Å². The molecule has 0 heterocycles. The van der Waals surface area contributed by atoms with Crippen molar-refractivity contribution in [3.8, 4) is 0 Å². The van der Waals surface area contributed by atoms with Crippen LogP contribution in [0.15, 0.2) is 18.2 Å². The topological polar surface area (TPSA) is 122 Å². The molecule has 1 aromatic rings. The molecule has 0 radical (unpaired) electrons. The fourth-order valence-corrected chi connectivity index (χ4v) is 1.36. The largest absolute Gasteiger partial charge is 0.478 e. The molecule has 0 bridgehead atoms. The fraction of sp³-hybridized carbons (Fsp3) is 0.250. The molecule has 0 aliphatic carbocycles. The van der Waals surface area contributed by atoms with Crippen molar-refractivity contribution in [2.45, 2.75) is 19.9 Å². The molecule has 0 saturated heterocycles. The number of hydrogen-bond donors (Lipinski definition) is 4. The number of aromatic carboxylic acids is 1. The molecule has 7 nitrogen and oxygen atoms in total. The number of urea groups is 1. The van der Waals surface area contributed by atoms with E-state index in [9.17, 15) is 14.4 Å². The number of rotatable bonds is 4. The number of aryl methyl sites for hydroxylation is 1. The summed E-state index contributed by atoms with van der Waals surface area (Å²) in [4.78, 5) is 33.1. The number of anilines is 1. The van der Waals surface area contributed by atoms with Crippen molar-refractivity contribution in [2.24, 2.45) is 5.73 Å². The van der Waals surface area contributed by atoms with Crippen molar-refractivity contribution in [1.29, 1.82) is 0 Å². The van der Waals surface area contributed by atoms with Crippen LogP contribution in [0.2, 0.25) is 0 Å². The van der Waals surface area contributed by atoms with Crippen LogP contribution in [0.25, 0.3) is 0 Å². The van der Waals surface area contributed by atoms with Gasteiger partial charge in [-0.15, -0.1) is 0 Å². The Morgan fingerprint density at radius 3 is 2.42 bits per heavy atom. The summed E-state index contributed by atoms with van der Waals surface area (Å²) in [5, 5.41) is 13.7. The quantitative estimate of drug-likeness (QED) is 0.639. The van der Waals surface area contributed by atoms with Gasteiger partial charge in [0.15, 0.2) is 0 Å². The minimum absolute atomic E-state index is 0.133. The van der Waals surface area contributed by atoms with E-state index in [2.05, 4.69) is 10.6 Å². The standard InChI is InChI=1S/C12H15N3O4/c1-6-5-8(11(17)18)3-4-9(6)15-12(19)14-7(2)10(13)16/h3-5,7H,1-2H3,(H2,13,16)(H,17,18)(H2,14,15,19). The van der Waals surface area contributed by atoms with Crippen LogP contribution < -0.4 is 16.4 Å². The number of hydrogen-bond acceptors (Lipinski definition) is 3. The molecule has 7 heteroatoms. The van der Waals surface area contributed by atoms with E-state index in [4.69, 9.17) is 10.8 Å². The molecule has 1 unspecified atom stereocenters. The Labute approximate surface area is 109 Å². The summed E-state index contributed by atoms with van der Waals surface area (Å²) in [6.45, 7) is 3.13. The molecule has 0 aromatic heterocycles. The molecule has 0 aliphatic heterocycles. The first-order valence-corrected chi connectivity index (χ1v) is 5.52. The first-order chi connectivity index (χ1) is 8.81. The zero-order valence-corrected chi connectivity index (χ0v) is 10.6. The molecule has 0 aliphatic rings. The van der Waals surface area contributed by atoms with Gasteiger partial charge in [-0.2, -0.15) is 0 Å². The number of primary amides is 1. The van der Waals surface area contributed by atoms with Crippen molar-refractivity contribution in [2.75, 3.05) is 5.32 Å². The van der Waals surface area contributed by atoms with E-state index in [1.54, 1.807) is 6.92 Å². The van der Waals surface area contributed by atoms with Crippen LogP contribution in [0.3, 0.4) is 0 Å². The van der Waals surface area contributed by atoms with Crippen LogP contribution in [0.1, 0.15) is 22.8 Å². The smallest absolute Gasteiger partial charge is 0.335 e. The Morgan fingerprint density at radius 1 is 1.32 bits per heavy atom. The van der Waals surface area contributed by atoms with Crippen molar-refractivity contribution >= 4 is 23.6 Å². The van der Waals surface area contributed by atoms with E-state index in [0.717, 1.165) is 0 Å². The van der Waals surface area contributed by atoms with Gasteiger partial charge < -0.3 is 21.5 Å². The number of carbonyl (C=O) groups is 3. The van der Waals surface area contributed by atoms with Gasteiger partial charge in [0.2, 0.25) is 5.91 Å². The molecule has 1 aromatic carbocycles. The van der Waals surface area contributed by atoms with Gasteiger partial charge >= 0.3 is 12.0 Å². The van der Waals surface area contributed by atoms with E-state index in [-0.39, 0.29) is 5.56 Å². The fourth-order valence-electron chi connectivity index (χ4n) is 1.36. The highest BCUT2D eigenvalue weighted by Crippen LogP contribution is 2.16. The number of nitrogens with two attached hydrogens (primary N) is 1. The predicted molar refractivity (Wildman–Crippen MR) is 68.9 cm³/mol. The lowest BCUT2D eigenvalue weighted by Gasteiger charge is -2.13. The zero-order chi connectivity index (χ0) is 14.6. The summed E-state index contributed by atoms with van der Waals surface area (Å²) in [7, 11) is 0. The number of carboxylic acid groups (broad SMARTS) is 1. The molecular formula is C12H15N3O4. The van der Waals surface area contributed by atoms with E-state index < -0.39 is 23.9 Å². The average molecular weight is 265 g/mol. The van der Waals surface area contributed by atoms with Crippen LogP contribution in [-0.4, -0.2) is 29.1 Å². The predicted octanol–water partition coefficient (Wildman–Crippen LogP) is 0.689. The second kappa shape index (κ2) is 5.85. The maximum Gasteiger partial charge on any atom is 0.335 e. The average Bonchev–Trinajstić information content (AvgIpc) is 2.31. The van der Waals surface area contributed by atoms with E-state index in [1.807, 2.05) is 0 Å². The molecule has 0 saturated carbocycles. The number of carboxylic acids is 1. The Bertz CT molecular complexity index is 528. The Hall–Kier alpha value is -2.57. The van der Waals surface area contributed by atoms with E-state index in [1.165, 1.54) is 25.1 Å². The Balaban J connectivity index is 2.75. The molecule has 0 spiro atoms. The van der Waals surface area contributed by atoms with Gasteiger partial charge in [0.1, 0.15) is 6.04 Å². The molecule has 1 rings (SSSR count). The maximum atomic E-state index is 11.6. The Kier molecular flexibility index (Phi) is 4.46. The first kappa shape index (κ1) is 14.5. The van der Waals surface area contributed by atoms with Crippen LogP contribution in [0.4, 0.5) is 10.5 Å². The van der Waals surface area contributed by atoms with Gasteiger partial charge in [-0.25, -0.2) is 9.59 Å². The molecule has 0 fully saturated rings. The lowest BCUT2D eigenvalue weighted by Crippen LogP contribution is -2.44. The summed E-state index contributed by atoms with van der Waals surface area (Å²) < 4.78 is 0.